The van der Waals surface area contributed by atoms with E-state index in [1.54, 1.807) is 7.11 Å². The third-order valence-corrected chi connectivity index (χ3v) is 2.37. The Kier molecular flexibility index (Phi) is 4.88. The lowest BCUT2D eigenvalue weighted by atomic mass is 10.2. The van der Waals surface area contributed by atoms with Crippen molar-refractivity contribution in [1.29, 1.82) is 0 Å². The van der Waals surface area contributed by atoms with E-state index in [1.807, 2.05) is 6.92 Å². The first kappa shape index (κ1) is 10.6. The predicted octanol–water partition coefficient (Wildman–Crippen LogP) is 1.41. The summed E-state index contributed by atoms with van der Waals surface area (Å²) in [5.41, 5.74) is 0. The second-order valence-electron chi connectivity index (χ2n) is 3.53. The fraction of sp³-hybridized carbons (Fsp3) is 0.818. The molecular formula is C11H19NO. The Morgan fingerprint density at radius 3 is 2.85 bits per heavy atom. The quantitative estimate of drug-likeness (QED) is 0.494. The maximum absolute atomic E-state index is 5.16. The van der Waals surface area contributed by atoms with Crippen LogP contribution < -0.4 is 5.32 Å². The van der Waals surface area contributed by atoms with Crippen molar-refractivity contribution in [2.45, 2.75) is 32.2 Å². The molecule has 0 saturated heterocycles. The lowest BCUT2D eigenvalue weighted by Crippen LogP contribution is -2.35. The van der Waals surface area contributed by atoms with Gasteiger partial charge in [0.25, 0.3) is 0 Å². The zero-order valence-electron chi connectivity index (χ0n) is 8.60. The minimum atomic E-state index is 0.559. The normalized spacial score (nSPS) is 17.7. The number of nitrogens with one attached hydrogen (secondary N) is 1. The second-order valence-corrected chi connectivity index (χ2v) is 3.53. The van der Waals surface area contributed by atoms with Crippen molar-refractivity contribution in [3.63, 3.8) is 0 Å². The Morgan fingerprint density at radius 1 is 1.54 bits per heavy atom. The van der Waals surface area contributed by atoms with Crippen molar-refractivity contribution in [2.24, 2.45) is 5.92 Å². The van der Waals surface area contributed by atoms with E-state index in [-0.39, 0.29) is 0 Å². The molecule has 0 aromatic heterocycles. The Hall–Kier alpha value is -0.520. The van der Waals surface area contributed by atoms with E-state index in [1.165, 1.54) is 12.8 Å². The monoisotopic (exact) mass is 181 g/mol. The summed E-state index contributed by atoms with van der Waals surface area (Å²) in [7, 11) is 1.77. The summed E-state index contributed by atoms with van der Waals surface area (Å²) < 4.78 is 5.16. The highest BCUT2D eigenvalue weighted by Crippen LogP contribution is 2.32. The maximum atomic E-state index is 5.16. The van der Waals surface area contributed by atoms with Crippen molar-refractivity contribution in [2.75, 3.05) is 20.3 Å². The molecule has 1 aliphatic carbocycles. The van der Waals surface area contributed by atoms with Crippen molar-refractivity contribution in [3.05, 3.63) is 0 Å². The van der Waals surface area contributed by atoms with E-state index >= 15 is 0 Å². The molecule has 1 atom stereocenters. The van der Waals surface area contributed by atoms with E-state index in [2.05, 4.69) is 17.2 Å². The molecule has 2 heteroatoms. The van der Waals surface area contributed by atoms with Crippen LogP contribution in [0, 0.1) is 17.8 Å². The predicted molar refractivity (Wildman–Crippen MR) is 54.5 cm³/mol. The molecule has 0 bridgehead atoms. The van der Waals surface area contributed by atoms with Gasteiger partial charge in [-0.25, -0.2) is 0 Å². The van der Waals surface area contributed by atoms with Crippen LogP contribution in [-0.2, 0) is 4.74 Å². The summed E-state index contributed by atoms with van der Waals surface area (Å²) in [6, 6.07) is 0.559. The van der Waals surface area contributed by atoms with E-state index in [9.17, 15) is 0 Å². The lowest BCUT2D eigenvalue weighted by Gasteiger charge is -2.16. The zero-order valence-corrected chi connectivity index (χ0v) is 8.60. The first-order valence-electron chi connectivity index (χ1n) is 5.00. The Labute approximate surface area is 81.0 Å². The molecule has 0 aromatic rings. The minimum absolute atomic E-state index is 0.559. The highest BCUT2D eigenvalue weighted by molar-refractivity contribution is 4.96. The van der Waals surface area contributed by atoms with Gasteiger partial charge in [-0.15, -0.1) is 11.8 Å². The van der Waals surface area contributed by atoms with Gasteiger partial charge in [-0.3, -0.25) is 0 Å². The fourth-order valence-electron chi connectivity index (χ4n) is 1.48. The van der Waals surface area contributed by atoms with E-state index < -0.39 is 0 Å². The van der Waals surface area contributed by atoms with Gasteiger partial charge in [0.1, 0.15) is 0 Å². The third-order valence-electron chi connectivity index (χ3n) is 2.37. The van der Waals surface area contributed by atoms with Crippen molar-refractivity contribution in [1.82, 2.24) is 5.32 Å². The molecule has 0 spiro atoms. The number of hydrogen-bond acceptors (Lipinski definition) is 2. The number of rotatable bonds is 6. The first-order valence-corrected chi connectivity index (χ1v) is 5.00. The Balaban J connectivity index is 2.09. The summed E-state index contributed by atoms with van der Waals surface area (Å²) in [6.07, 6.45) is 3.67. The van der Waals surface area contributed by atoms with Crippen LogP contribution in [0.1, 0.15) is 26.2 Å². The van der Waals surface area contributed by atoms with E-state index in [0.29, 0.717) is 6.04 Å². The summed E-state index contributed by atoms with van der Waals surface area (Å²) in [6.45, 7) is 3.71. The van der Waals surface area contributed by atoms with Crippen LogP contribution in [0.4, 0.5) is 0 Å². The van der Waals surface area contributed by atoms with Crippen LogP contribution >= 0.6 is 0 Å². The molecule has 0 heterocycles. The van der Waals surface area contributed by atoms with Gasteiger partial charge < -0.3 is 10.1 Å². The number of methoxy groups -OCH3 is 1. The molecule has 0 aromatic carbocycles. The molecule has 1 saturated carbocycles. The fourth-order valence-corrected chi connectivity index (χ4v) is 1.48. The summed E-state index contributed by atoms with van der Waals surface area (Å²) in [5, 5.41) is 3.49. The molecule has 13 heavy (non-hydrogen) atoms. The van der Waals surface area contributed by atoms with E-state index in [4.69, 9.17) is 4.74 Å². The Bertz CT molecular complexity index is 188. The molecule has 0 aliphatic heterocycles. The average Bonchev–Trinajstić information content (AvgIpc) is 2.93. The van der Waals surface area contributed by atoms with Gasteiger partial charge in [0.2, 0.25) is 0 Å². The highest BCUT2D eigenvalue weighted by atomic mass is 16.5. The SMILES string of the molecule is CC#CCCNC(COC)C1CC1. The molecular weight excluding hydrogens is 162 g/mol. The van der Waals surface area contributed by atoms with Gasteiger partial charge >= 0.3 is 0 Å². The number of hydrogen-bond donors (Lipinski definition) is 1. The van der Waals surface area contributed by atoms with Gasteiger partial charge in [0.05, 0.1) is 6.61 Å². The van der Waals surface area contributed by atoms with Crippen molar-refractivity contribution >= 4 is 0 Å². The Morgan fingerprint density at radius 2 is 2.31 bits per heavy atom. The maximum Gasteiger partial charge on any atom is 0.0618 e. The third kappa shape index (κ3) is 4.31. The van der Waals surface area contributed by atoms with Crippen molar-refractivity contribution < 1.29 is 4.74 Å². The minimum Gasteiger partial charge on any atom is -0.383 e. The van der Waals surface area contributed by atoms with E-state index in [0.717, 1.165) is 25.5 Å². The van der Waals surface area contributed by atoms with Crippen LogP contribution in [0.2, 0.25) is 0 Å². The van der Waals surface area contributed by atoms with Crippen LogP contribution in [0.3, 0.4) is 0 Å². The van der Waals surface area contributed by atoms with Gasteiger partial charge in [0, 0.05) is 26.1 Å². The molecule has 1 fully saturated rings. The molecule has 1 rings (SSSR count). The molecule has 74 valence electrons. The molecule has 2 nitrogen and oxygen atoms in total. The molecule has 1 aliphatic rings. The average molecular weight is 181 g/mol. The topological polar surface area (TPSA) is 21.3 Å². The largest absolute Gasteiger partial charge is 0.383 e. The van der Waals surface area contributed by atoms with Gasteiger partial charge in [-0.1, -0.05) is 0 Å². The zero-order chi connectivity index (χ0) is 9.52. The molecule has 0 radical (unpaired) electrons. The summed E-state index contributed by atoms with van der Waals surface area (Å²) in [5.74, 6) is 6.80. The standard InChI is InChI=1S/C11H19NO/c1-3-4-5-8-12-11(9-13-2)10-6-7-10/h10-12H,5-9H2,1-2H3. The highest BCUT2D eigenvalue weighted by Gasteiger charge is 2.30. The molecule has 1 unspecified atom stereocenters. The number of ether oxygens (including phenoxy) is 1. The van der Waals surface area contributed by atoms with Crippen LogP contribution in [0.5, 0.6) is 0 Å². The summed E-state index contributed by atoms with van der Waals surface area (Å²) >= 11 is 0. The van der Waals surface area contributed by atoms with Crippen LogP contribution in [0.25, 0.3) is 0 Å². The van der Waals surface area contributed by atoms with Gasteiger partial charge in [-0.2, -0.15) is 0 Å². The van der Waals surface area contributed by atoms with Gasteiger partial charge in [-0.05, 0) is 25.7 Å². The smallest absolute Gasteiger partial charge is 0.0618 e. The summed E-state index contributed by atoms with van der Waals surface area (Å²) in [4.78, 5) is 0. The lowest BCUT2D eigenvalue weighted by molar-refractivity contribution is 0.158. The second kappa shape index (κ2) is 6.01. The van der Waals surface area contributed by atoms with Gasteiger partial charge in [0.15, 0.2) is 0 Å². The molecule has 1 N–H and O–H groups in total. The van der Waals surface area contributed by atoms with Crippen LogP contribution in [0.15, 0.2) is 0 Å². The van der Waals surface area contributed by atoms with Crippen molar-refractivity contribution in [3.8, 4) is 11.8 Å². The molecule has 0 amide bonds. The van der Waals surface area contributed by atoms with Crippen LogP contribution in [-0.4, -0.2) is 26.3 Å². The first-order chi connectivity index (χ1) is 6.38.